The lowest BCUT2D eigenvalue weighted by atomic mass is 9.84. The smallest absolute Gasteiger partial charge is 0.239 e. The molecule has 0 fully saturated rings. The number of carbonyl (C=O) groups is 1. The SMILES string of the molecule is COc1ccc(C(C(N)=O)N(C)C)cc1C(C)(C)C. The molecule has 0 aliphatic carbocycles. The minimum atomic E-state index is -0.424. The Hall–Kier alpha value is -1.55. The Bertz CT molecular complexity index is 462. The van der Waals surface area contributed by atoms with E-state index in [9.17, 15) is 4.79 Å². The molecule has 1 atom stereocenters. The molecule has 0 radical (unpaired) electrons. The Labute approximate surface area is 115 Å². The minimum Gasteiger partial charge on any atom is -0.496 e. The summed E-state index contributed by atoms with van der Waals surface area (Å²) in [5, 5.41) is 0. The predicted molar refractivity (Wildman–Crippen MR) is 77.3 cm³/mol. The van der Waals surface area contributed by atoms with Crippen LogP contribution in [0.2, 0.25) is 0 Å². The number of benzene rings is 1. The molecule has 0 aliphatic heterocycles. The number of nitrogens with two attached hydrogens (primary N) is 1. The van der Waals surface area contributed by atoms with E-state index in [1.54, 1.807) is 7.11 Å². The number of ether oxygens (including phenoxy) is 1. The van der Waals surface area contributed by atoms with Crippen molar-refractivity contribution < 1.29 is 9.53 Å². The van der Waals surface area contributed by atoms with Gasteiger partial charge in [0.2, 0.25) is 5.91 Å². The predicted octanol–water partition coefficient (Wildman–Crippen LogP) is 2.08. The van der Waals surface area contributed by atoms with Gasteiger partial charge in [0.15, 0.2) is 0 Å². The molecular weight excluding hydrogens is 240 g/mol. The fourth-order valence-corrected chi connectivity index (χ4v) is 2.20. The number of hydrogen-bond donors (Lipinski definition) is 1. The van der Waals surface area contributed by atoms with Crippen LogP contribution in [0, 0.1) is 0 Å². The van der Waals surface area contributed by atoms with Gasteiger partial charge in [-0.3, -0.25) is 9.69 Å². The largest absolute Gasteiger partial charge is 0.496 e. The van der Waals surface area contributed by atoms with Crippen LogP contribution in [-0.4, -0.2) is 32.0 Å². The molecule has 0 aromatic heterocycles. The molecule has 0 heterocycles. The van der Waals surface area contributed by atoms with Crippen molar-refractivity contribution in [3.63, 3.8) is 0 Å². The maximum absolute atomic E-state index is 11.6. The summed E-state index contributed by atoms with van der Waals surface area (Å²) in [6.45, 7) is 6.34. The van der Waals surface area contributed by atoms with Gasteiger partial charge in [0.25, 0.3) is 0 Å². The van der Waals surface area contributed by atoms with E-state index in [0.717, 1.165) is 16.9 Å². The van der Waals surface area contributed by atoms with E-state index < -0.39 is 6.04 Å². The molecule has 1 amide bonds. The first-order valence-corrected chi connectivity index (χ1v) is 6.32. The maximum atomic E-state index is 11.6. The molecule has 0 aliphatic rings. The Kier molecular flexibility index (Phi) is 4.58. The second-order valence-electron chi connectivity index (χ2n) is 5.98. The number of amides is 1. The number of nitrogens with zero attached hydrogens (tertiary/aromatic N) is 1. The molecule has 4 heteroatoms. The van der Waals surface area contributed by atoms with Crippen LogP contribution >= 0.6 is 0 Å². The van der Waals surface area contributed by atoms with Gasteiger partial charge in [-0.1, -0.05) is 26.8 Å². The zero-order valence-corrected chi connectivity index (χ0v) is 12.7. The van der Waals surface area contributed by atoms with Crippen LogP contribution in [0.4, 0.5) is 0 Å². The van der Waals surface area contributed by atoms with Gasteiger partial charge in [0, 0.05) is 0 Å². The lowest BCUT2D eigenvalue weighted by molar-refractivity contribution is -0.122. The number of rotatable bonds is 4. The molecule has 0 bridgehead atoms. The van der Waals surface area contributed by atoms with Gasteiger partial charge in [-0.25, -0.2) is 0 Å². The fourth-order valence-electron chi connectivity index (χ4n) is 2.20. The van der Waals surface area contributed by atoms with Gasteiger partial charge >= 0.3 is 0 Å². The lowest BCUT2D eigenvalue weighted by Crippen LogP contribution is -2.33. The topological polar surface area (TPSA) is 55.6 Å². The first-order chi connectivity index (χ1) is 8.68. The summed E-state index contributed by atoms with van der Waals surface area (Å²) in [6, 6.07) is 5.37. The van der Waals surface area contributed by atoms with Crippen LogP contribution in [0.3, 0.4) is 0 Å². The van der Waals surface area contributed by atoms with Crippen LogP contribution in [0.15, 0.2) is 18.2 Å². The summed E-state index contributed by atoms with van der Waals surface area (Å²) < 4.78 is 5.40. The van der Waals surface area contributed by atoms with Crippen molar-refractivity contribution in [2.24, 2.45) is 5.73 Å². The zero-order valence-electron chi connectivity index (χ0n) is 12.7. The summed E-state index contributed by atoms with van der Waals surface area (Å²) in [6.07, 6.45) is 0. The molecule has 1 rings (SSSR count). The first kappa shape index (κ1) is 15.5. The van der Waals surface area contributed by atoms with Crippen molar-refractivity contribution in [3.8, 4) is 5.75 Å². The third-order valence-electron chi connectivity index (χ3n) is 3.13. The van der Waals surface area contributed by atoms with Gasteiger partial charge < -0.3 is 10.5 Å². The van der Waals surface area contributed by atoms with Crippen molar-refractivity contribution in [2.45, 2.75) is 32.2 Å². The second kappa shape index (κ2) is 5.61. The van der Waals surface area contributed by atoms with E-state index in [0.29, 0.717) is 0 Å². The van der Waals surface area contributed by atoms with Crippen molar-refractivity contribution >= 4 is 5.91 Å². The van der Waals surface area contributed by atoms with Gasteiger partial charge in [-0.05, 0) is 42.8 Å². The number of likely N-dealkylation sites (N-methyl/N-ethyl adjacent to an activating group) is 1. The molecule has 19 heavy (non-hydrogen) atoms. The molecule has 1 unspecified atom stereocenters. The third-order valence-corrected chi connectivity index (χ3v) is 3.13. The highest BCUT2D eigenvalue weighted by molar-refractivity contribution is 5.81. The van der Waals surface area contributed by atoms with Crippen LogP contribution in [0.1, 0.15) is 37.9 Å². The molecular formula is C15H24N2O2. The van der Waals surface area contributed by atoms with Gasteiger partial charge in [-0.2, -0.15) is 0 Å². The minimum absolute atomic E-state index is 0.0597. The Morgan fingerprint density at radius 2 is 1.89 bits per heavy atom. The normalized spacial score (nSPS) is 13.4. The van der Waals surface area contributed by atoms with Crippen molar-refractivity contribution in [3.05, 3.63) is 29.3 Å². The van der Waals surface area contributed by atoms with Gasteiger partial charge in [-0.15, -0.1) is 0 Å². The zero-order chi connectivity index (χ0) is 14.8. The highest BCUT2D eigenvalue weighted by atomic mass is 16.5. The summed E-state index contributed by atoms with van der Waals surface area (Å²) in [5.41, 5.74) is 7.39. The average molecular weight is 264 g/mol. The standard InChI is InChI=1S/C15H24N2O2/c1-15(2,3)11-9-10(7-8-12(11)19-6)13(14(16)18)17(4)5/h7-9,13H,1-6H3,(H2,16,18). The quantitative estimate of drug-likeness (QED) is 0.906. The molecule has 4 nitrogen and oxygen atoms in total. The summed E-state index contributed by atoms with van der Waals surface area (Å²) >= 11 is 0. The van der Waals surface area contributed by atoms with Crippen molar-refractivity contribution in [1.29, 1.82) is 0 Å². The van der Waals surface area contributed by atoms with E-state index in [4.69, 9.17) is 10.5 Å². The molecule has 1 aromatic carbocycles. The first-order valence-electron chi connectivity index (χ1n) is 6.32. The monoisotopic (exact) mass is 264 g/mol. The molecule has 0 saturated carbocycles. The Morgan fingerprint density at radius 3 is 2.26 bits per heavy atom. The number of carbonyl (C=O) groups excluding carboxylic acids is 1. The lowest BCUT2D eigenvalue weighted by Gasteiger charge is -2.26. The van der Waals surface area contributed by atoms with Crippen LogP contribution in [0.25, 0.3) is 0 Å². The second-order valence-corrected chi connectivity index (χ2v) is 5.98. The van der Waals surface area contributed by atoms with E-state index in [1.807, 2.05) is 37.2 Å². The molecule has 2 N–H and O–H groups in total. The number of methoxy groups -OCH3 is 1. The summed E-state index contributed by atoms with van der Waals surface area (Å²) in [5.74, 6) is 0.480. The van der Waals surface area contributed by atoms with Crippen molar-refractivity contribution in [1.82, 2.24) is 4.90 Å². The van der Waals surface area contributed by atoms with E-state index in [2.05, 4.69) is 20.8 Å². The average Bonchev–Trinajstić information content (AvgIpc) is 2.26. The van der Waals surface area contributed by atoms with E-state index >= 15 is 0 Å². The van der Waals surface area contributed by atoms with E-state index in [-0.39, 0.29) is 11.3 Å². The third kappa shape index (κ3) is 3.47. The summed E-state index contributed by atoms with van der Waals surface area (Å²) in [7, 11) is 5.34. The van der Waals surface area contributed by atoms with Crippen LogP contribution in [-0.2, 0) is 10.2 Å². The summed E-state index contributed by atoms with van der Waals surface area (Å²) in [4.78, 5) is 13.4. The maximum Gasteiger partial charge on any atom is 0.239 e. The Morgan fingerprint density at radius 1 is 1.32 bits per heavy atom. The van der Waals surface area contributed by atoms with E-state index in [1.165, 1.54) is 0 Å². The highest BCUT2D eigenvalue weighted by Gasteiger charge is 2.25. The Balaban J connectivity index is 3.36. The van der Waals surface area contributed by atoms with Gasteiger partial charge in [0.1, 0.15) is 11.8 Å². The van der Waals surface area contributed by atoms with Crippen LogP contribution in [0.5, 0.6) is 5.75 Å². The molecule has 1 aromatic rings. The molecule has 0 saturated heterocycles. The molecule has 0 spiro atoms. The van der Waals surface area contributed by atoms with Crippen LogP contribution < -0.4 is 10.5 Å². The van der Waals surface area contributed by atoms with Crippen molar-refractivity contribution in [2.75, 3.05) is 21.2 Å². The fraction of sp³-hybridized carbons (Fsp3) is 0.533. The molecule has 106 valence electrons. The van der Waals surface area contributed by atoms with Gasteiger partial charge in [0.05, 0.1) is 7.11 Å². The number of primary amides is 1. The number of hydrogen-bond acceptors (Lipinski definition) is 3. The highest BCUT2D eigenvalue weighted by Crippen LogP contribution is 2.34.